The van der Waals surface area contributed by atoms with Crippen molar-refractivity contribution < 1.29 is 4.79 Å². The minimum Gasteiger partial charge on any atom is -0.338 e. The van der Waals surface area contributed by atoms with Gasteiger partial charge in [-0.3, -0.25) is 0 Å². The number of imidazole rings is 1. The Bertz CT molecular complexity index is 751. The van der Waals surface area contributed by atoms with Crippen LogP contribution in [0.25, 0.3) is 5.69 Å². The number of nitrogens with zero attached hydrogens (tertiary/aromatic N) is 2. The third kappa shape index (κ3) is 4.23. The monoisotopic (exact) mass is 340 g/mol. The number of amides is 2. The van der Waals surface area contributed by atoms with E-state index in [0.717, 1.165) is 17.7 Å². The predicted molar refractivity (Wildman–Crippen MR) is 96.5 cm³/mol. The molecule has 0 aliphatic carbocycles. The highest BCUT2D eigenvalue weighted by Crippen LogP contribution is 2.15. The van der Waals surface area contributed by atoms with E-state index in [4.69, 9.17) is 0 Å². The maximum atomic E-state index is 12.0. The average molecular weight is 340 g/mol. The molecule has 6 heteroatoms. The van der Waals surface area contributed by atoms with Gasteiger partial charge in [0.1, 0.15) is 0 Å². The van der Waals surface area contributed by atoms with E-state index in [1.54, 1.807) is 23.9 Å². The summed E-state index contributed by atoms with van der Waals surface area (Å²) in [5, 5.41) is 7.91. The summed E-state index contributed by atoms with van der Waals surface area (Å²) in [6.07, 6.45) is 6.27. The molecule has 0 fully saturated rings. The number of nitrogens with one attached hydrogen (secondary N) is 2. The van der Waals surface area contributed by atoms with Gasteiger partial charge < -0.3 is 15.2 Å². The molecule has 2 heterocycles. The average Bonchev–Trinajstić information content (AvgIpc) is 3.29. The molecule has 0 saturated heterocycles. The van der Waals surface area contributed by atoms with Crippen LogP contribution in [0.1, 0.15) is 23.4 Å². The fourth-order valence-electron chi connectivity index (χ4n) is 2.43. The van der Waals surface area contributed by atoms with E-state index >= 15 is 0 Å². The number of hydrogen-bond acceptors (Lipinski definition) is 3. The number of urea groups is 1. The zero-order valence-electron chi connectivity index (χ0n) is 13.5. The third-order valence-corrected chi connectivity index (χ3v) is 4.72. The van der Waals surface area contributed by atoms with Gasteiger partial charge >= 0.3 is 6.03 Å². The van der Waals surface area contributed by atoms with Crippen molar-refractivity contribution in [1.82, 2.24) is 20.2 Å². The fourth-order valence-corrected chi connectivity index (χ4v) is 3.14. The van der Waals surface area contributed by atoms with Gasteiger partial charge in [-0.1, -0.05) is 18.2 Å². The molecule has 0 aliphatic rings. The Kier molecular flexibility index (Phi) is 5.28. The van der Waals surface area contributed by atoms with Crippen molar-refractivity contribution in [1.29, 1.82) is 0 Å². The number of hydrogen-bond donors (Lipinski definition) is 2. The molecular weight excluding hydrogens is 320 g/mol. The maximum Gasteiger partial charge on any atom is 0.315 e. The van der Waals surface area contributed by atoms with Crippen LogP contribution in [-0.2, 0) is 6.42 Å². The molecule has 3 rings (SSSR count). The van der Waals surface area contributed by atoms with Crippen LogP contribution in [0.2, 0.25) is 0 Å². The van der Waals surface area contributed by atoms with Crippen molar-refractivity contribution in [3.8, 4) is 5.69 Å². The van der Waals surface area contributed by atoms with Gasteiger partial charge in [-0.15, -0.1) is 11.3 Å². The van der Waals surface area contributed by atoms with E-state index in [0.29, 0.717) is 6.54 Å². The lowest BCUT2D eigenvalue weighted by molar-refractivity contribution is 0.238. The molecule has 0 spiro atoms. The van der Waals surface area contributed by atoms with Crippen molar-refractivity contribution in [2.45, 2.75) is 19.4 Å². The van der Waals surface area contributed by atoms with Crippen molar-refractivity contribution in [2.75, 3.05) is 6.54 Å². The number of carbonyl (C=O) groups excluding carboxylic acids is 1. The summed E-state index contributed by atoms with van der Waals surface area (Å²) in [6, 6.07) is 12.0. The molecule has 2 N–H and O–H groups in total. The molecule has 124 valence electrons. The summed E-state index contributed by atoms with van der Waals surface area (Å²) in [7, 11) is 0. The van der Waals surface area contributed by atoms with Gasteiger partial charge in [-0.05, 0) is 42.5 Å². The summed E-state index contributed by atoms with van der Waals surface area (Å²) in [5.41, 5.74) is 2.11. The highest BCUT2D eigenvalue weighted by molar-refractivity contribution is 7.09. The van der Waals surface area contributed by atoms with Crippen LogP contribution in [0, 0.1) is 0 Å². The summed E-state index contributed by atoms with van der Waals surface area (Å²) in [4.78, 5) is 17.3. The fraction of sp³-hybridized carbons (Fsp3) is 0.222. The first-order valence-corrected chi connectivity index (χ1v) is 8.75. The van der Waals surface area contributed by atoms with E-state index in [-0.39, 0.29) is 12.1 Å². The number of rotatable bonds is 6. The Balaban J connectivity index is 1.48. The molecule has 24 heavy (non-hydrogen) atoms. The van der Waals surface area contributed by atoms with Gasteiger partial charge in [-0.2, -0.15) is 0 Å². The molecule has 0 bridgehead atoms. The van der Waals surface area contributed by atoms with E-state index in [1.807, 2.05) is 53.4 Å². The Morgan fingerprint density at radius 3 is 2.79 bits per heavy atom. The van der Waals surface area contributed by atoms with Crippen LogP contribution in [0.3, 0.4) is 0 Å². The number of aromatic nitrogens is 2. The zero-order chi connectivity index (χ0) is 16.8. The quantitative estimate of drug-likeness (QED) is 0.721. The molecule has 5 nitrogen and oxygen atoms in total. The lowest BCUT2D eigenvalue weighted by Gasteiger charge is -2.15. The van der Waals surface area contributed by atoms with E-state index in [1.165, 1.54) is 4.88 Å². The third-order valence-electron chi connectivity index (χ3n) is 3.78. The van der Waals surface area contributed by atoms with Gasteiger partial charge in [0.15, 0.2) is 0 Å². The largest absolute Gasteiger partial charge is 0.338 e. The minimum atomic E-state index is -0.141. The molecule has 2 aromatic heterocycles. The van der Waals surface area contributed by atoms with Gasteiger partial charge in [0.05, 0.1) is 12.4 Å². The minimum absolute atomic E-state index is 0.0522. The Hall–Kier alpha value is -2.60. The molecule has 1 atom stereocenters. The van der Waals surface area contributed by atoms with Crippen LogP contribution < -0.4 is 10.6 Å². The summed E-state index contributed by atoms with van der Waals surface area (Å²) in [5.74, 6) is 0. The normalized spacial score (nSPS) is 11.9. The van der Waals surface area contributed by atoms with Gasteiger partial charge in [-0.25, -0.2) is 9.78 Å². The number of benzene rings is 1. The molecular formula is C18H20N4OS. The van der Waals surface area contributed by atoms with Crippen molar-refractivity contribution in [2.24, 2.45) is 0 Å². The summed E-state index contributed by atoms with van der Waals surface area (Å²) < 4.78 is 1.94. The molecule has 3 aromatic rings. The molecule has 0 aliphatic heterocycles. The smallest absolute Gasteiger partial charge is 0.315 e. The second-order valence-electron chi connectivity index (χ2n) is 5.51. The maximum absolute atomic E-state index is 12.0. The highest BCUT2D eigenvalue weighted by atomic mass is 32.1. The number of thiophene rings is 1. The standard InChI is InChI=1S/C18H20N4OS/c1-14(21-18(23)20-9-8-17-3-2-12-24-17)15-4-6-16(7-5-15)22-11-10-19-13-22/h2-7,10-14H,8-9H2,1H3,(H2,20,21,23). The number of carbonyl (C=O) groups is 1. The lowest BCUT2D eigenvalue weighted by atomic mass is 10.1. The Morgan fingerprint density at radius 1 is 1.29 bits per heavy atom. The van der Waals surface area contributed by atoms with Crippen LogP contribution >= 0.6 is 11.3 Å². The van der Waals surface area contributed by atoms with Crippen molar-refractivity contribution in [3.63, 3.8) is 0 Å². The second-order valence-corrected chi connectivity index (χ2v) is 6.55. The predicted octanol–water partition coefficient (Wildman–Crippen LogP) is 3.54. The molecule has 1 aromatic carbocycles. The first-order chi connectivity index (χ1) is 11.7. The van der Waals surface area contributed by atoms with E-state index in [9.17, 15) is 4.79 Å². The van der Waals surface area contributed by atoms with Gasteiger partial charge in [0, 0.05) is 29.5 Å². The summed E-state index contributed by atoms with van der Waals surface area (Å²) in [6.45, 7) is 2.61. The van der Waals surface area contributed by atoms with E-state index < -0.39 is 0 Å². The Morgan fingerprint density at radius 2 is 2.12 bits per heavy atom. The van der Waals surface area contributed by atoms with Gasteiger partial charge in [0.2, 0.25) is 0 Å². The van der Waals surface area contributed by atoms with Crippen LogP contribution in [-0.4, -0.2) is 22.1 Å². The van der Waals surface area contributed by atoms with E-state index in [2.05, 4.69) is 21.7 Å². The molecule has 0 saturated carbocycles. The van der Waals surface area contributed by atoms with Crippen LogP contribution in [0.15, 0.2) is 60.5 Å². The van der Waals surface area contributed by atoms with Crippen LogP contribution in [0.5, 0.6) is 0 Å². The highest BCUT2D eigenvalue weighted by Gasteiger charge is 2.09. The molecule has 0 radical (unpaired) electrons. The first-order valence-electron chi connectivity index (χ1n) is 7.87. The van der Waals surface area contributed by atoms with Crippen molar-refractivity contribution in [3.05, 3.63) is 70.9 Å². The van der Waals surface area contributed by atoms with Crippen molar-refractivity contribution >= 4 is 17.4 Å². The Labute approximate surface area is 145 Å². The first kappa shape index (κ1) is 16.3. The topological polar surface area (TPSA) is 59.0 Å². The zero-order valence-corrected chi connectivity index (χ0v) is 14.3. The van der Waals surface area contributed by atoms with Gasteiger partial charge in [0.25, 0.3) is 0 Å². The second kappa shape index (κ2) is 7.79. The lowest BCUT2D eigenvalue weighted by Crippen LogP contribution is -2.37. The molecule has 2 amide bonds. The SMILES string of the molecule is CC(NC(=O)NCCc1cccs1)c1ccc(-n2ccnc2)cc1. The molecule has 1 unspecified atom stereocenters. The van der Waals surface area contributed by atoms with Crippen LogP contribution in [0.4, 0.5) is 4.79 Å². The summed E-state index contributed by atoms with van der Waals surface area (Å²) >= 11 is 1.71.